The molecule has 0 aliphatic carbocycles. The molecule has 1 N–H and O–H groups in total. The number of ether oxygens (including phenoxy) is 3. The second-order valence-corrected chi connectivity index (χ2v) is 10.5. The first-order valence-corrected chi connectivity index (χ1v) is 13.5. The second-order valence-electron chi connectivity index (χ2n) is 9.46. The zero-order valence-corrected chi connectivity index (χ0v) is 22.5. The van der Waals surface area contributed by atoms with E-state index >= 15 is 0 Å². The minimum absolute atomic E-state index is 0.00732. The van der Waals surface area contributed by atoms with Crippen LogP contribution in [0.25, 0.3) is 16.0 Å². The number of rotatable bonds is 6. The lowest BCUT2D eigenvalue weighted by atomic mass is 9.94. The first kappa shape index (κ1) is 24.9. The molecule has 2 atom stereocenters. The van der Waals surface area contributed by atoms with Gasteiger partial charge in [0.15, 0.2) is 5.13 Å². The van der Waals surface area contributed by atoms with E-state index in [-0.39, 0.29) is 17.4 Å². The highest BCUT2D eigenvalue weighted by atomic mass is 32.1. The molecule has 2 aliphatic heterocycles. The predicted molar refractivity (Wildman–Crippen MR) is 149 cm³/mol. The first-order valence-electron chi connectivity index (χ1n) is 12.7. The molecule has 1 amide bonds. The highest BCUT2D eigenvalue weighted by Crippen LogP contribution is 2.45. The Hall–Kier alpha value is -4.37. The summed E-state index contributed by atoms with van der Waals surface area (Å²) in [6.45, 7) is 4.38. The van der Waals surface area contributed by atoms with Crippen molar-refractivity contribution in [1.82, 2.24) is 4.98 Å². The number of amides is 1. The second kappa shape index (κ2) is 9.74. The Kier molecular flexibility index (Phi) is 6.23. The number of aliphatic hydroxyl groups is 1. The van der Waals surface area contributed by atoms with Gasteiger partial charge in [-0.1, -0.05) is 23.5 Å². The third kappa shape index (κ3) is 4.28. The van der Waals surface area contributed by atoms with Crippen molar-refractivity contribution in [3.05, 3.63) is 82.9 Å². The van der Waals surface area contributed by atoms with Crippen LogP contribution in [0.5, 0.6) is 17.2 Å². The molecule has 198 valence electrons. The standard InChI is InChI=1S/C30H26N2O6S/c1-4-37-20-8-5-17(6-9-20)26-25(27(33)18-7-12-23-19(14-18)13-16(2)38-23)28(34)29(35)32(26)30-31-22-11-10-21(36-3)15-24(22)39-30/h5-12,14-16,26,33H,4,13H2,1-3H3/b27-25-. The fourth-order valence-electron chi connectivity index (χ4n) is 5.11. The predicted octanol–water partition coefficient (Wildman–Crippen LogP) is 5.65. The number of methoxy groups -OCH3 is 1. The maximum atomic E-state index is 13.6. The first-order chi connectivity index (χ1) is 18.9. The number of benzene rings is 3. The molecule has 9 heteroatoms. The Morgan fingerprint density at radius 1 is 1.10 bits per heavy atom. The molecule has 1 fully saturated rings. The van der Waals surface area contributed by atoms with E-state index in [1.54, 1.807) is 49.6 Å². The summed E-state index contributed by atoms with van der Waals surface area (Å²) in [4.78, 5) is 33.2. The number of fused-ring (bicyclic) bond motifs is 2. The average Bonchev–Trinajstić information content (AvgIpc) is 3.60. The molecular formula is C30H26N2O6S. The number of thiazole rings is 1. The van der Waals surface area contributed by atoms with Gasteiger partial charge in [-0.05, 0) is 73.5 Å². The van der Waals surface area contributed by atoms with Crippen LogP contribution < -0.4 is 19.1 Å². The van der Waals surface area contributed by atoms with E-state index in [1.807, 2.05) is 32.0 Å². The number of aliphatic hydroxyl groups excluding tert-OH is 1. The van der Waals surface area contributed by atoms with Crippen molar-refractivity contribution in [2.75, 3.05) is 18.6 Å². The van der Waals surface area contributed by atoms with Crippen LogP contribution >= 0.6 is 11.3 Å². The van der Waals surface area contributed by atoms with Gasteiger partial charge in [0.2, 0.25) is 0 Å². The topological polar surface area (TPSA) is 98.2 Å². The Labute approximate surface area is 229 Å². The number of ketones is 1. The van der Waals surface area contributed by atoms with Gasteiger partial charge in [0.25, 0.3) is 5.78 Å². The normalized spacial score (nSPS) is 19.8. The quantitative estimate of drug-likeness (QED) is 0.191. The maximum Gasteiger partial charge on any atom is 0.301 e. The molecule has 6 rings (SSSR count). The van der Waals surface area contributed by atoms with Crippen LogP contribution in [0, 0.1) is 0 Å². The minimum Gasteiger partial charge on any atom is -0.507 e. The Morgan fingerprint density at radius 2 is 1.87 bits per heavy atom. The van der Waals surface area contributed by atoms with Crippen molar-refractivity contribution in [2.24, 2.45) is 0 Å². The Balaban J connectivity index is 1.51. The molecule has 0 spiro atoms. The van der Waals surface area contributed by atoms with E-state index < -0.39 is 17.7 Å². The Morgan fingerprint density at radius 3 is 2.62 bits per heavy atom. The van der Waals surface area contributed by atoms with E-state index in [2.05, 4.69) is 4.98 Å². The molecule has 0 radical (unpaired) electrons. The molecule has 39 heavy (non-hydrogen) atoms. The summed E-state index contributed by atoms with van der Waals surface area (Å²) in [6, 6.07) is 17.1. The fourth-order valence-corrected chi connectivity index (χ4v) is 6.13. The maximum absolute atomic E-state index is 13.6. The van der Waals surface area contributed by atoms with Crippen LogP contribution in [-0.2, 0) is 16.0 Å². The van der Waals surface area contributed by atoms with Crippen molar-refractivity contribution in [2.45, 2.75) is 32.4 Å². The summed E-state index contributed by atoms with van der Waals surface area (Å²) in [5.74, 6) is 0.330. The van der Waals surface area contributed by atoms with Gasteiger partial charge in [-0.25, -0.2) is 4.98 Å². The monoisotopic (exact) mass is 542 g/mol. The number of aromatic nitrogens is 1. The molecule has 2 unspecified atom stereocenters. The summed E-state index contributed by atoms with van der Waals surface area (Å²) >= 11 is 1.28. The number of carbonyl (C=O) groups excluding carboxylic acids is 2. The molecule has 0 saturated carbocycles. The molecule has 4 aromatic rings. The number of anilines is 1. The molecule has 3 aromatic carbocycles. The van der Waals surface area contributed by atoms with Gasteiger partial charge in [0.1, 0.15) is 29.1 Å². The lowest BCUT2D eigenvalue weighted by molar-refractivity contribution is -0.132. The van der Waals surface area contributed by atoms with Crippen LogP contribution in [-0.4, -0.2) is 41.6 Å². The highest BCUT2D eigenvalue weighted by molar-refractivity contribution is 7.22. The lowest BCUT2D eigenvalue weighted by Crippen LogP contribution is -2.29. The van der Waals surface area contributed by atoms with Gasteiger partial charge in [0, 0.05) is 12.0 Å². The van der Waals surface area contributed by atoms with Gasteiger partial charge in [0.05, 0.1) is 35.5 Å². The van der Waals surface area contributed by atoms with E-state index in [0.29, 0.717) is 46.3 Å². The van der Waals surface area contributed by atoms with Gasteiger partial charge >= 0.3 is 5.91 Å². The van der Waals surface area contributed by atoms with Crippen molar-refractivity contribution < 1.29 is 28.9 Å². The van der Waals surface area contributed by atoms with Crippen LogP contribution in [0.1, 0.15) is 36.6 Å². The van der Waals surface area contributed by atoms with E-state index in [0.717, 1.165) is 16.0 Å². The minimum atomic E-state index is -0.883. The number of nitrogens with zero attached hydrogens (tertiary/aromatic N) is 2. The molecule has 2 aliphatic rings. The summed E-state index contributed by atoms with van der Waals surface area (Å²) in [7, 11) is 1.58. The molecule has 1 saturated heterocycles. The van der Waals surface area contributed by atoms with Crippen LogP contribution in [0.4, 0.5) is 5.13 Å². The number of hydrogen-bond donors (Lipinski definition) is 1. The van der Waals surface area contributed by atoms with Gasteiger partial charge in [-0.15, -0.1) is 0 Å². The fraction of sp³-hybridized carbons (Fsp3) is 0.233. The van der Waals surface area contributed by atoms with Crippen molar-refractivity contribution in [3.63, 3.8) is 0 Å². The van der Waals surface area contributed by atoms with E-state index in [1.165, 1.54) is 16.2 Å². The number of Topliss-reactive ketones (excluding diaryl/α,β-unsaturated/α-hetero) is 1. The lowest BCUT2D eigenvalue weighted by Gasteiger charge is -2.23. The van der Waals surface area contributed by atoms with Crippen LogP contribution in [0.3, 0.4) is 0 Å². The summed E-state index contributed by atoms with van der Waals surface area (Å²) < 4.78 is 17.5. The van der Waals surface area contributed by atoms with Crippen LogP contribution in [0.2, 0.25) is 0 Å². The van der Waals surface area contributed by atoms with Gasteiger partial charge in [-0.3, -0.25) is 14.5 Å². The van der Waals surface area contributed by atoms with Gasteiger partial charge in [-0.2, -0.15) is 0 Å². The van der Waals surface area contributed by atoms with Crippen LogP contribution in [0.15, 0.2) is 66.2 Å². The average molecular weight is 543 g/mol. The third-order valence-electron chi connectivity index (χ3n) is 6.91. The summed E-state index contributed by atoms with van der Waals surface area (Å²) in [5.41, 5.74) is 2.73. The molecule has 3 heterocycles. The number of carbonyl (C=O) groups is 2. The highest BCUT2D eigenvalue weighted by Gasteiger charge is 2.48. The smallest absolute Gasteiger partial charge is 0.301 e. The summed E-state index contributed by atoms with van der Waals surface area (Å²) in [6.07, 6.45) is 0.729. The molecule has 1 aromatic heterocycles. The van der Waals surface area contributed by atoms with Crippen molar-refractivity contribution in [3.8, 4) is 17.2 Å². The Bertz CT molecular complexity index is 1640. The van der Waals surface area contributed by atoms with E-state index in [9.17, 15) is 14.7 Å². The third-order valence-corrected chi connectivity index (χ3v) is 7.93. The zero-order chi connectivity index (χ0) is 27.3. The molecule has 0 bridgehead atoms. The largest absolute Gasteiger partial charge is 0.507 e. The van der Waals surface area contributed by atoms with Crippen molar-refractivity contribution in [1.29, 1.82) is 0 Å². The molecule has 8 nitrogen and oxygen atoms in total. The van der Waals surface area contributed by atoms with E-state index in [4.69, 9.17) is 14.2 Å². The number of hydrogen-bond acceptors (Lipinski definition) is 8. The van der Waals surface area contributed by atoms with Crippen molar-refractivity contribution >= 4 is 44.1 Å². The summed E-state index contributed by atoms with van der Waals surface area (Å²) in [5, 5.41) is 11.9. The zero-order valence-electron chi connectivity index (χ0n) is 21.6. The van der Waals surface area contributed by atoms with Gasteiger partial charge < -0.3 is 19.3 Å². The molecular weight excluding hydrogens is 516 g/mol. The SMILES string of the molecule is CCOc1ccc(C2/C(=C(/O)c3ccc4c(c3)CC(C)O4)C(=O)C(=O)N2c2nc3ccc(OC)cc3s2)cc1.